The van der Waals surface area contributed by atoms with Gasteiger partial charge in [0.1, 0.15) is 5.69 Å². The molecule has 0 saturated carbocycles. The van der Waals surface area contributed by atoms with E-state index < -0.39 is 5.95 Å². The summed E-state index contributed by atoms with van der Waals surface area (Å²) in [6.45, 7) is 2.89. The number of likely N-dealkylation sites (tertiary alicyclic amines) is 1. The Morgan fingerprint density at radius 3 is 3.06 bits per heavy atom. The zero-order valence-corrected chi connectivity index (χ0v) is 10.7. The van der Waals surface area contributed by atoms with E-state index in [0.29, 0.717) is 6.04 Å². The van der Waals surface area contributed by atoms with E-state index in [1.165, 1.54) is 18.6 Å². The van der Waals surface area contributed by atoms with Gasteiger partial charge in [-0.3, -0.25) is 4.79 Å². The van der Waals surface area contributed by atoms with Gasteiger partial charge in [0, 0.05) is 12.6 Å². The van der Waals surface area contributed by atoms with E-state index in [0.717, 1.165) is 32.2 Å². The first-order chi connectivity index (χ1) is 8.72. The Kier molecular flexibility index (Phi) is 4.28. The maximum absolute atomic E-state index is 13.1. The highest BCUT2D eigenvalue weighted by Crippen LogP contribution is 2.22. The fourth-order valence-electron chi connectivity index (χ4n) is 2.58. The monoisotopic (exact) mass is 250 g/mol. The summed E-state index contributed by atoms with van der Waals surface area (Å²) in [7, 11) is 0. The molecule has 4 heteroatoms. The van der Waals surface area contributed by atoms with Crippen LogP contribution in [0.4, 0.5) is 4.39 Å². The average molecular weight is 250 g/mol. The highest BCUT2D eigenvalue weighted by molar-refractivity contribution is 5.92. The number of nitrogens with zero attached hydrogens (tertiary/aromatic N) is 2. The van der Waals surface area contributed by atoms with Crippen LogP contribution in [0.2, 0.25) is 0 Å². The SMILES string of the molecule is CCCC1CCCCN1C(=O)c1cccc(F)n1. The molecule has 0 bridgehead atoms. The molecule has 0 N–H and O–H groups in total. The lowest BCUT2D eigenvalue weighted by atomic mass is 9.98. The zero-order chi connectivity index (χ0) is 13.0. The Morgan fingerprint density at radius 1 is 1.50 bits per heavy atom. The van der Waals surface area contributed by atoms with Crippen molar-refractivity contribution in [1.29, 1.82) is 0 Å². The van der Waals surface area contributed by atoms with E-state index in [4.69, 9.17) is 0 Å². The zero-order valence-electron chi connectivity index (χ0n) is 10.7. The molecule has 0 aliphatic carbocycles. The van der Waals surface area contributed by atoms with Gasteiger partial charge in [0.15, 0.2) is 0 Å². The maximum Gasteiger partial charge on any atom is 0.272 e. The predicted molar refractivity (Wildman–Crippen MR) is 67.8 cm³/mol. The molecule has 1 aromatic heterocycles. The third-order valence-electron chi connectivity index (χ3n) is 3.44. The van der Waals surface area contributed by atoms with Crippen molar-refractivity contribution < 1.29 is 9.18 Å². The molecule has 0 spiro atoms. The van der Waals surface area contributed by atoms with Crippen molar-refractivity contribution in [3.8, 4) is 0 Å². The van der Waals surface area contributed by atoms with Gasteiger partial charge < -0.3 is 4.90 Å². The maximum atomic E-state index is 13.1. The van der Waals surface area contributed by atoms with Crippen molar-refractivity contribution in [3.05, 3.63) is 29.8 Å². The Hall–Kier alpha value is -1.45. The molecule has 18 heavy (non-hydrogen) atoms. The summed E-state index contributed by atoms with van der Waals surface area (Å²) < 4.78 is 13.1. The van der Waals surface area contributed by atoms with Crippen LogP contribution in [0.1, 0.15) is 49.5 Å². The Morgan fingerprint density at radius 2 is 2.33 bits per heavy atom. The van der Waals surface area contributed by atoms with E-state index in [2.05, 4.69) is 11.9 Å². The highest BCUT2D eigenvalue weighted by Gasteiger charge is 2.27. The number of hydrogen-bond acceptors (Lipinski definition) is 2. The van der Waals surface area contributed by atoms with Crippen LogP contribution in [-0.2, 0) is 0 Å². The van der Waals surface area contributed by atoms with Gasteiger partial charge >= 0.3 is 0 Å². The summed E-state index contributed by atoms with van der Waals surface area (Å²) in [6.07, 6.45) is 5.33. The summed E-state index contributed by atoms with van der Waals surface area (Å²) >= 11 is 0. The quantitative estimate of drug-likeness (QED) is 0.773. The van der Waals surface area contributed by atoms with Crippen LogP contribution in [0.5, 0.6) is 0 Å². The lowest BCUT2D eigenvalue weighted by molar-refractivity contribution is 0.0593. The first kappa shape index (κ1) is 13.0. The second-order valence-corrected chi connectivity index (χ2v) is 4.78. The van der Waals surface area contributed by atoms with E-state index >= 15 is 0 Å². The number of halogens is 1. The highest BCUT2D eigenvalue weighted by atomic mass is 19.1. The molecule has 1 unspecified atom stereocenters. The largest absolute Gasteiger partial charge is 0.334 e. The van der Waals surface area contributed by atoms with Gasteiger partial charge in [-0.15, -0.1) is 0 Å². The van der Waals surface area contributed by atoms with E-state index in [-0.39, 0.29) is 11.6 Å². The summed E-state index contributed by atoms with van der Waals surface area (Å²) in [5, 5.41) is 0. The number of piperidine rings is 1. The van der Waals surface area contributed by atoms with Crippen molar-refractivity contribution in [2.75, 3.05) is 6.54 Å². The van der Waals surface area contributed by atoms with Crippen molar-refractivity contribution in [2.24, 2.45) is 0 Å². The van der Waals surface area contributed by atoms with Gasteiger partial charge in [0.25, 0.3) is 5.91 Å². The summed E-state index contributed by atoms with van der Waals surface area (Å²) in [5.74, 6) is -0.724. The third kappa shape index (κ3) is 2.86. The van der Waals surface area contributed by atoms with Crippen LogP contribution in [0.3, 0.4) is 0 Å². The third-order valence-corrected chi connectivity index (χ3v) is 3.44. The molecule has 1 aliphatic heterocycles. The second-order valence-electron chi connectivity index (χ2n) is 4.78. The van der Waals surface area contributed by atoms with Crippen molar-refractivity contribution in [3.63, 3.8) is 0 Å². The first-order valence-corrected chi connectivity index (χ1v) is 6.66. The molecular weight excluding hydrogens is 231 g/mol. The lowest BCUT2D eigenvalue weighted by Gasteiger charge is -2.35. The molecule has 1 fully saturated rings. The predicted octanol–water partition coefficient (Wildman–Crippen LogP) is 3.02. The molecule has 3 nitrogen and oxygen atoms in total. The lowest BCUT2D eigenvalue weighted by Crippen LogP contribution is -2.44. The molecule has 2 rings (SSSR count). The minimum atomic E-state index is -0.593. The summed E-state index contributed by atoms with van der Waals surface area (Å²) in [6, 6.07) is 4.68. The van der Waals surface area contributed by atoms with Crippen molar-refractivity contribution >= 4 is 5.91 Å². The number of carbonyl (C=O) groups is 1. The molecule has 2 heterocycles. The first-order valence-electron chi connectivity index (χ1n) is 6.66. The van der Waals surface area contributed by atoms with Crippen LogP contribution < -0.4 is 0 Å². The second kappa shape index (κ2) is 5.94. The normalized spacial score (nSPS) is 19.9. The van der Waals surface area contributed by atoms with Gasteiger partial charge in [-0.05, 0) is 37.8 Å². The van der Waals surface area contributed by atoms with Crippen LogP contribution in [0, 0.1) is 5.95 Å². The molecular formula is C14H19FN2O. The van der Waals surface area contributed by atoms with Crippen LogP contribution in [-0.4, -0.2) is 28.4 Å². The Balaban J connectivity index is 2.15. The molecule has 1 aromatic rings. The Bertz CT molecular complexity index is 420. The van der Waals surface area contributed by atoms with Gasteiger partial charge in [-0.25, -0.2) is 4.98 Å². The molecule has 0 radical (unpaired) electrons. The minimum Gasteiger partial charge on any atom is -0.334 e. The number of rotatable bonds is 3. The van der Waals surface area contributed by atoms with Gasteiger partial charge in [0.05, 0.1) is 0 Å². The fraction of sp³-hybridized carbons (Fsp3) is 0.571. The average Bonchev–Trinajstić information content (AvgIpc) is 2.39. The number of aromatic nitrogens is 1. The molecule has 1 amide bonds. The van der Waals surface area contributed by atoms with Crippen molar-refractivity contribution in [1.82, 2.24) is 9.88 Å². The minimum absolute atomic E-state index is 0.132. The van der Waals surface area contributed by atoms with Crippen LogP contribution in [0.15, 0.2) is 18.2 Å². The Labute approximate surface area is 107 Å². The van der Waals surface area contributed by atoms with Gasteiger partial charge in [-0.1, -0.05) is 19.4 Å². The number of hydrogen-bond donors (Lipinski definition) is 0. The van der Waals surface area contributed by atoms with Crippen molar-refractivity contribution in [2.45, 2.75) is 45.1 Å². The van der Waals surface area contributed by atoms with Crippen LogP contribution in [0.25, 0.3) is 0 Å². The molecule has 1 saturated heterocycles. The summed E-state index contributed by atoms with van der Waals surface area (Å²) in [4.78, 5) is 17.9. The van der Waals surface area contributed by atoms with Gasteiger partial charge in [0.2, 0.25) is 5.95 Å². The molecule has 0 aromatic carbocycles. The van der Waals surface area contributed by atoms with Gasteiger partial charge in [-0.2, -0.15) is 4.39 Å². The molecule has 98 valence electrons. The number of pyridine rings is 1. The number of amides is 1. The summed E-state index contributed by atoms with van der Waals surface area (Å²) in [5.41, 5.74) is 0.220. The molecule has 1 atom stereocenters. The van der Waals surface area contributed by atoms with E-state index in [1.54, 1.807) is 6.07 Å². The fourth-order valence-corrected chi connectivity index (χ4v) is 2.58. The van der Waals surface area contributed by atoms with E-state index in [1.807, 2.05) is 4.90 Å². The van der Waals surface area contributed by atoms with E-state index in [9.17, 15) is 9.18 Å². The molecule has 1 aliphatic rings. The smallest absolute Gasteiger partial charge is 0.272 e. The standard InChI is InChI=1S/C14H19FN2O/c1-2-6-11-7-3-4-10-17(11)14(18)12-8-5-9-13(15)16-12/h5,8-9,11H,2-4,6-7,10H2,1H3. The number of carbonyl (C=O) groups excluding carboxylic acids is 1. The van der Waals surface area contributed by atoms with Crippen LogP contribution >= 0.6 is 0 Å². The topological polar surface area (TPSA) is 33.2 Å².